The molecule has 0 aliphatic heterocycles. The van der Waals surface area contributed by atoms with E-state index >= 15 is 0 Å². The molecule has 1 fully saturated rings. The van der Waals surface area contributed by atoms with Gasteiger partial charge in [0.25, 0.3) is 10.2 Å². The minimum absolute atomic E-state index is 0.0282. The molecule has 1 aliphatic carbocycles. The Morgan fingerprint density at radius 3 is 2.71 bits per heavy atom. The standard InChI is InChI=1S/C25H31FN6O5S/c1-17-22(37-19-10-7-13-25(26,14-19)24(33)34)12-11-20(28-17)23-21(32(3)30-29-23)15-27-38(35,36)31(2)16-18-8-5-4-6-9-18/h4-6,8-9,11-12,19,27H,7,10,13-16H2,1-3H3,(H,33,34)/t19?,25-/m1/s1. The second-order valence-electron chi connectivity index (χ2n) is 9.46. The number of alkyl halides is 1. The molecule has 1 saturated carbocycles. The third-order valence-corrected chi connectivity index (χ3v) is 8.09. The molecule has 2 heterocycles. The summed E-state index contributed by atoms with van der Waals surface area (Å²) in [6.07, 6.45) is 0.131. The third-order valence-electron chi connectivity index (χ3n) is 6.63. The Morgan fingerprint density at radius 2 is 2.03 bits per heavy atom. The average molecular weight is 547 g/mol. The molecule has 0 radical (unpaired) electrons. The second kappa shape index (κ2) is 11.1. The minimum Gasteiger partial charge on any atom is -0.488 e. The van der Waals surface area contributed by atoms with Crippen molar-refractivity contribution in [1.82, 2.24) is 29.0 Å². The van der Waals surface area contributed by atoms with Crippen molar-refractivity contribution in [3.63, 3.8) is 0 Å². The highest BCUT2D eigenvalue weighted by Gasteiger charge is 2.44. The molecule has 0 spiro atoms. The van der Waals surface area contributed by atoms with E-state index in [4.69, 9.17) is 4.74 Å². The first-order valence-corrected chi connectivity index (χ1v) is 13.6. The summed E-state index contributed by atoms with van der Waals surface area (Å²) in [5.74, 6) is -1.05. The lowest BCUT2D eigenvalue weighted by atomic mass is 9.84. The van der Waals surface area contributed by atoms with Gasteiger partial charge in [-0.25, -0.2) is 14.2 Å². The Kier molecular flexibility index (Phi) is 8.09. The lowest BCUT2D eigenvalue weighted by Crippen LogP contribution is -2.42. The highest BCUT2D eigenvalue weighted by atomic mass is 32.2. The number of hydrogen-bond acceptors (Lipinski definition) is 7. The maximum Gasteiger partial charge on any atom is 0.341 e. The van der Waals surface area contributed by atoms with E-state index in [1.54, 1.807) is 26.1 Å². The van der Waals surface area contributed by atoms with E-state index in [0.717, 1.165) is 5.56 Å². The minimum atomic E-state index is -3.80. The van der Waals surface area contributed by atoms with Crippen molar-refractivity contribution in [3.8, 4) is 17.1 Å². The molecule has 11 nitrogen and oxygen atoms in total. The lowest BCUT2D eigenvalue weighted by molar-refractivity contribution is -0.155. The van der Waals surface area contributed by atoms with Gasteiger partial charge < -0.3 is 9.84 Å². The molecule has 0 amide bonds. The number of carbonyl (C=O) groups is 1. The molecular formula is C25H31FN6O5S. The van der Waals surface area contributed by atoms with Gasteiger partial charge in [-0.15, -0.1) is 5.10 Å². The molecule has 1 aromatic carbocycles. The van der Waals surface area contributed by atoms with Gasteiger partial charge in [-0.1, -0.05) is 35.5 Å². The van der Waals surface area contributed by atoms with Crippen LogP contribution in [-0.4, -0.2) is 62.6 Å². The van der Waals surface area contributed by atoms with Gasteiger partial charge in [0.05, 0.1) is 23.6 Å². The van der Waals surface area contributed by atoms with E-state index < -0.39 is 28.0 Å². The zero-order valence-electron chi connectivity index (χ0n) is 21.5. The summed E-state index contributed by atoms with van der Waals surface area (Å²) in [5, 5.41) is 17.4. The van der Waals surface area contributed by atoms with Crippen LogP contribution in [-0.2, 0) is 35.1 Å². The Balaban J connectivity index is 1.46. The van der Waals surface area contributed by atoms with Gasteiger partial charge in [0.2, 0.25) is 5.67 Å². The van der Waals surface area contributed by atoms with Gasteiger partial charge in [0.15, 0.2) is 0 Å². The number of aliphatic carboxylic acids is 1. The van der Waals surface area contributed by atoms with Crippen molar-refractivity contribution in [2.45, 2.75) is 57.5 Å². The number of nitrogens with zero attached hydrogens (tertiary/aromatic N) is 5. The number of nitrogens with one attached hydrogen (secondary N) is 1. The van der Waals surface area contributed by atoms with E-state index in [0.29, 0.717) is 41.4 Å². The predicted octanol–water partition coefficient (Wildman–Crippen LogP) is 2.77. The fourth-order valence-corrected chi connectivity index (χ4v) is 5.28. The monoisotopic (exact) mass is 546 g/mol. The Labute approximate surface area is 220 Å². The average Bonchev–Trinajstić information content (AvgIpc) is 3.25. The molecule has 0 saturated heterocycles. The predicted molar refractivity (Wildman–Crippen MR) is 137 cm³/mol. The van der Waals surface area contributed by atoms with Crippen molar-refractivity contribution in [2.75, 3.05) is 7.05 Å². The molecule has 1 unspecified atom stereocenters. The van der Waals surface area contributed by atoms with Crippen molar-refractivity contribution in [1.29, 1.82) is 0 Å². The Bertz CT molecular complexity index is 1400. The number of aromatic nitrogens is 4. The maximum atomic E-state index is 14.6. The van der Waals surface area contributed by atoms with Crippen molar-refractivity contribution < 1.29 is 27.4 Å². The van der Waals surface area contributed by atoms with Gasteiger partial charge in [0, 0.05) is 27.1 Å². The van der Waals surface area contributed by atoms with Gasteiger partial charge in [-0.05, 0) is 43.9 Å². The zero-order valence-corrected chi connectivity index (χ0v) is 22.3. The van der Waals surface area contributed by atoms with Gasteiger partial charge >= 0.3 is 5.97 Å². The highest BCUT2D eigenvalue weighted by molar-refractivity contribution is 7.87. The smallest absolute Gasteiger partial charge is 0.341 e. The van der Waals surface area contributed by atoms with Crippen LogP contribution in [0.1, 0.15) is 42.6 Å². The van der Waals surface area contributed by atoms with E-state index in [1.165, 1.54) is 16.0 Å². The van der Waals surface area contributed by atoms with Crippen LogP contribution in [0, 0.1) is 6.92 Å². The molecular weight excluding hydrogens is 515 g/mol. The summed E-state index contributed by atoms with van der Waals surface area (Å²) in [6.45, 7) is 1.87. The van der Waals surface area contributed by atoms with Crippen molar-refractivity contribution >= 4 is 16.2 Å². The van der Waals surface area contributed by atoms with Crippen LogP contribution in [0.4, 0.5) is 4.39 Å². The van der Waals surface area contributed by atoms with Crippen LogP contribution < -0.4 is 9.46 Å². The molecule has 38 heavy (non-hydrogen) atoms. The highest BCUT2D eigenvalue weighted by Crippen LogP contribution is 2.35. The first-order chi connectivity index (χ1) is 18.0. The normalized spacial score (nSPS) is 20.0. The van der Waals surface area contributed by atoms with Crippen molar-refractivity contribution in [2.24, 2.45) is 7.05 Å². The summed E-state index contributed by atoms with van der Waals surface area (Å²) >= 11 is 0. The fraction of sp³-hybridized carbons (Fsp3) is 0.440. The molecule has 2 atom stereocenters. The first kappa shape index (κ1) is 27.6. The zero-order chi connectivity index (χ0) is 27.5. The number of carboxylic acid groups (broad SMARTS) is 1. The molecule has 204 valence electrons. The van der Waals surface area contributed by atoms with E-state index in [2.05, 4.69) is 20.0 Å². The van der Waals surface area contributed by atoms with E-state index in [9.17, 15) is 22.7 Å². The topological polar surface area (TPSA) is 140 Å². The van der Waals surface area contributed by atoms with Crippen LogP contribution in [0.5, 0.6) is 5.75 Å². The van der Waals surface area contributed by atoms with Crippen LogP contribution in [0.2, 0.25) is 0 Å². The fourth-order valence-electron chi connectivity index (χ4n) is 4.42. The summed E-state index contributed by atoms with van der Waals surface area (Å²) < 4.78 is 51.5. The number of aryl methyl sites for hydroxylation is 2. The molecule has 2 N–H and O–H groups in total. The molecule has 0 bridgehead atoms. The SMILES string of the molecule is Cc1nc(-c2nnn(C)c2CNS(=O)(=O)N(C)Cc2ccccc2)ccc1OC1CCC[C@](F)(C(=O)O)C1. The third kappa shape index (κ3) is 6.17. The largest absolute Gasteiger partial charge is 0.488 e. The number of hydrogen-bond donors (Lipinski definition) is 2. The summed E-state index contributed by atoms with van der Waals surface area (Å²) in [6, 6.07) is 12.6. The molecule has 1 aliphatic rings. The Hall–Kier alpha value is -3.42. The Morgan fingerprint density at radius 1 is 1.29 bits per heavy atom. The maximum absolute atomic E-state index is 14.6. The van der Waals surface area contributed by atoms with Crippen LogP contribution >= 0.6 is 0 Å². The van der Waals surface area contributed by atoms with Gasteiger partial charge in [-0.3, -0.25) is 4.68 Å². The summed E-state index contributed by atoms with van der Waals surface area (Å²) in [4.78, 5) is 15.9. The number of pyridine rings is 1. The molecule has 4 rings (SSSR count). The van der Waals surface area contributed by atoms with E-state index in [-0.39, 0.29) is 25.9 Å². The van der Waals surface area contributed by atoms with Crippen LogP contribution in [0.25, 0.3) is 11.4 Å². The second-order valence-corrected chi connectivity index (χ2v) is 11.3. The number of ether oxygens (including phenoxy) is 1. The lowest BCUT2D eigenvalue weighted by Gasteiger charge is -2.32. The number of rotatable bonds is 10. The number of carboxylic acids is 1. The van der Waals surface area contributed by atoms with Gasteiger partial charge in [-0.2, -0.15) is 17.4 Å². The van der Waals surface area contributed by atoms with E-state index in [1.807, 2.05) is 30.3 Å². The quantitative estimate of drug-likeness (QED) is 0.396. The molecule has 13 heteroatoms. The van der Waals surface area contributed by atoms with Crippen LogP contribution in [0.3, 0.4) is 0 Å². The van der Waals surface area contributed by atoms with Crippen LogP contribution in [0.15, 0.2) is 42.5 Å². The molecule has 2 aromatic heterocycles. The first-order valence-electron chi connectivity index (χ1n) is 12.2. The van der Waals surface area contributed by atoms with Gasteiger partial charge in [0.1, 0.15) is 17.5 Å². The summed E-state index contributed by atoms with van der Waals surface area (Å²) in [5.41, 5.74) is 0.455. The number of halogens is 1. The molecule has 3 aromatic rings. The summed E-state index contributed by atoms with van der Waals surface area (Å²) in [7, 11) is -0.639. The number of benzene rings is 1. The van der Waals surface area contributed by atoms with Crippen molar-refractivity contribution in [3.05, 3.63) is 59.4 Å².